The fourth-order valence-corrected chi connectivity index (χ4v) is 2.99. The van der Waals surface area contributed by atoms with E-state index < -0.39 is 0 Å². The van der Waals surface area contributed by atoms with E-state index >= 15 is 0 Å². The summed E-state index contributed by atoms with van der Waals surface area (Å²) in [5, 5.41) is 3.82. The summed E-state index contributed by atoms with van der Waals surface area (Å²) in [6.45, 7) is 8.38. The molecule has 1 fully saturated rings. The summed E-state index contributed by atoms with van der Waals surface area (Å²) in [6, 6.07) is 11.5. The largest absolute Gasteiger partial charge is 0.313 e. The monoisotopic (exact) mass is 274 g/mol. The molecule has 1 saturated heterocycles. The molecule has 2 nitrogen and oxygen atoms in total. The molecular formula is C18H30N2. The van der Waals surface area contributed by atoms with Crippen LogP contribution in [0.15, 0.2) is 30.3 Å². The second kappa shape index (κ2) is 7.24. The van der Waals surface area contributed by atoms with Gasteiger partial charge in [-0.05, 0) is 56.8 Å². The molecule has 1 aromatic rings. The van der Waals surface area contributed by atoms with Gasteiger partial charge in [0.05, 0.1) is 0 Å². The molecule has 112 valence electrons. The second-order valence-corrected chi connectivity index (χ2v) is 6.79. The number of hydrogen-bond donors (Lipinski definition) is 1. The van der Waals surface area contributed by atoms with E-state index in [1.165, 1.54) is 37.9 Å². The molecule has 1 aliphatic heterocycles. The van der Waals surface area contributed by atoms with Gasteiger partial charge in [0, 0.05) is 12.6 Å². The Hall–Kier alpha value is -0.860. The first kappa shape index (κ1) is 15.5. The third kappa shape index (κ3) is 4.60. The SMILES string of the molecule is CCC(Cc1ccccc1)NCC1(C)CCN(C)CC1. The number of nitrogens with zero attached hydrogens (tertiary/aromatic N) is 1. The Morgan fingerprint density at radius 2 is 1.85 bits per heavy atom. The Balaban J connectivity index is 1.81. The molecule has 0 amide bonds. The van der Waals surface area contributed by atoms with Gasteiger partial charge in [0.25, 0.3) is 0 Å². The average Bonchev–Trinajstić information content (AvgIpc) is 2.48. The van der Waals surface area contributed by atoms with Crippen LogP contribution in [0.4, 0.5) is 0 Å². The molecule has 2 rings (SSSR count). The van der Waals surface area contributed by atoms with Crippen LogP contribution >= 0.6 is 0 Å². The topological polar surface area (TPSA) is 15.3 Å². The molecule has 20 heavy (non-hydrogen) atoms. The molecule has 0 aliphatic carbocycles. The summed E-state index contributed by atoms with van der Waals surface area (Å²) in [6.07, 6.45) is 4.98. The molecule has 0 spiro atoms. The third-order valence-electron chi connectivity index (χ3n) is 4.83. The third-order valence-corrected chi connectivity index (χ3v) is 4.83. The molecule has 2 heteroatoms. The van der Waals surface area contributed by atoms with Crippen molar-refractivity contribution < 1.29 is 0 Å². The highest BCUT2D eigenvalue weighted by Crippen LogP contribution is 2.29. The molecule has 0 bridgehead atoms. The van der Waals surface area contributed by atoms with E-state index in [0.29, 0.717) is 11.5 Å². The van der Waals surface area contributed by atoms with Gasteiger partial charge in [-0.1, -0.05) is 44.2 Å². The standard InChI is InChI=1S/C18H30N2/c1-4-17(14-16-8-6-5-7-9-16)19-15-18(2)10-12-20(3)13-11-18/h5-9,17,19H,4,10-15H2,1-3H3. The first-order chi connectivity index (χ1) is 9.61. The van der Waals surface area contributed by atoms with Crippen molar-refractivity contribution in [2.24, 2.45) is 5.41 Å². The van der Waals surface area contributed by atoms with Crippen molar-refractivity contribution in [3.8, 4) is 0 Å². The highest BCUT2D eigenvalue weighted by Gasteiger charge is 2.29. The molecule has 1 atom stereocenters. The lowest BCUT2D eigenvalue weighted by molar-refractivity contribution is 0.133. The van der Waals surface area contributed by atoms with Gasteiger partial charge < -0.3 is 10.2 Å². The zero-order valence-electron chi connectivity index (χ0n) is 13.4. The van der Waals surface area contributed by atoms with Gasteiger partial charge in [-0.2, -0.15) is 0 Å². The Bertz CT molecular complexity index is 380. The number of piperidine rings is 1. The summed E-state index contributed by atoms with van der Waals surface area (Å²) in [7, 11) is 2.23. The van der Waals surface area contributed by atoms with Gasteiger partial charge in [-0.3, -0.25) is 0 Å². The Kier molecular flexibility index (Phi) is 5.62. The average molecular weight is 274 g/mol. The predicted molar refractivity (Wildman–Crippen MR) is 87.1 cm³/mol. The first-order valence-corrected chi connectivity index (χ1v) is 8.07. The highest BCUT2D eigenvalue weighted by molar-refractivity contribution is 5.15. The molecule has 1 N–H and O–H groups in total. The van der Waals surface area contributed by atoms with Crippen molar-refractivity contribution in [1.82, 2.24) is 10.2 Å². The predicted octanol–water partition coefficient (Wildman–Crippen LogP) is 3.33. The van der Waals surface area contributed by atoms with Crippen LogP contribution in [0, 0.1) is 5.41 Å². The van der Waals surface area contributed by atoms with Crippen LogP contribution in [-0.4, -0.2) is 37.6 Å². The van der Waals surface area contributed by atoms with Gasteiger partial charge in [0.15, 0.2) is 0 Å². The van der Waals surface area contributed by atoms with Crippen LogP contribution in [0.3, 0.4) is 0 Å². The molecule has 1 aromatic carbocycles. The molecule has 0 aromatic heterocycles. The van der Waals surface area contributed by atoms with E-state index in [1.807, 2.05) is 0 Å². The van der Waals surface area contributed by atoms with Crippen molar-refractivity contribution in [2.45, 2.75) is 45.6 Å². The summed E-state index contributed by atoms with van der Waals surface area (Å²) in [5.41, 5.74) is 1.93. The maximum atomic E-state index is 3.82. The van der Waals surface area contributed by atoms with Crippen LogP contribution in [0.2, 0.25) is 0 Å². The summed E-state index contributed by atoms with van der Waals surface area (Å²) in [5.74, 6) is 0. The van der Waals surface area contributed by atoms with Crippen molar-refractivity contribution in [3.05, 3.63) is 35.9 Å². The van der Waals surface area contributed by atoms with Crippen molar-refractivity contribution >= 4 is 0 Å². The molecule has 0 saturated carbocycles. The molecular weight excluding hydrogens is 244 g/mol. The molecule has 1 unspecified atom stereocenters. The van der Waals surface area contributed by atoms with Gasteiger partial charge >= 0.3 is 0 Å². The first-order valence-electron chi connectivity index (χ1n) is 8.07. The molecule has 0 radical (unpaired) electrons. The second-order valence-electron chi connectivity index (χ2n) is 6.79. The van der Waals surface area contributed by atoms with E-state index in [9.17, 15) is 0 Å². The van der Waals surface area contributed by atoms with Gasteiger partial charge in [0.1, 0.15) is 0 Å². The van der Waals surface area contributed by atoms with E-state index in [4.69, 9.17) is 0 Å². The van der Waals surface area contributed by atoms with Crippen LogP contribution in [0.5, 0.6) is 0 Å². The van der Waals surface area contributed by atoms with E-state index in [1.54, 1.807) is 0 Å². The zero-order valence-corrected chi connectivity index (χ0v) is 13.4. The van der Waals surface area contributed by atoms with Crippen LogP contribution in [-0.2, 0) is 6.42 Å². The molecule has 1 aliphatic rings. The van der Waals surface area contributed by atoms with Gasteiger partial charge in [-0.15, -0.1) is 0 Å². The van der Waals surface area contributed by atoms with Gasteiger partial charge in [0.2, 0.25) is 0 Å². The Morgan fingerprint density at radius 1 is 1.20 bits per heavy atom. The number of nitrogens with one attached hydrogen (secondary N) is 1. The quantitative estimate of drug-likeness (QED) is 0.856. The minimum atomic E-state index is 0.483. The van der Waals surface area contributed by atoms with E-state index in [2.05, 4.69) is 61.4 Å². The Morgan fingerprint density at radius 3 is 2.45 bits per heavy atom. The lowest BCUT2D eigenvalue weighted by Gasteiger charge is -2.39. The lowest BCUT2D eigenvalue weighted by Crippen LogP contribution is -2.45. The number of rotatable bonds is 6. The maximum absolute atomic E-state index is 3.82. The normalized spacial score (nSPS) is 20.8. The fraction of sp³-hybridized carbons (Fsp3) is 0.667. The van der Waals surface area contributed by atoms with Crippen LogP contribution < -0.4 is 5.32 Å². The summed E-state index contributed by atoms with van der Waals surface area (Å²) >= 11 is 0. The van der Waals surface area contributed by atoms with Crippen LogP contribution in [0.1, 0.15) is 38.7 Å². The maximum Gasteiger partial charge on any atom is 0.0105 e. The zero-order chi connectivity index (χ0) is 14.4. The summed E-state index contributed by atoms with van der Waals surface area (Å²) in [4.78, 5) is 2.45. The van der Waals surface area contributed by atoms with Crippen molar-refractivity contribution in [1.29, 1.82) is 0 Å². The lowest BCUT2D eigenvalue weighted by atomic mass is 9.80. The fourth-order valence-electron chi connectivity index (χ4n) is 2.99. The van der Waals surface area contributed by atoms with E-state index in [0.717, 1.165) is 13.0 Å². The smallest absolute Gasteiger partial charge is 0.0105 e. The molecule has 1 heterocycles. The number of benzene rings is 1. The number of likely N-dealkylation sites (tertiary alicyclic amines) is 1. The van der Waals surface area contributed by atoms with E-state index in [-0.39, 0.29) is 0 Å². The summed E-state index contributed by atoms with van der Waals surface area (Å²) < 4.78 is 0. The van der Waals surface area contributed by atoms with Crippen molar-refractivity contribution in [3.63, 3.8) is 0 Å². The minimum Gasteiger partial charge on any atom is -0.313 e. The minimum absolute atomic E-state index is 0.483. The number of hydrogen-bond acceptors (Lipinski definition) is 2. The Labute approximate surface area is 124 Å². The van der Waals surface area contributed by atoms with Crippen LogP contribution in [0.25, 0.3) is 0 Å². The highest BCUT2D eigenvalue weighted by atomic mass is 15.1. The van der Waals surface area contributed by atoms with Gasteiger partial charge in [-0.25, -0.2) is 0 Å². The van der Waals surface area contributed by atoms with Crippen molar-refractivity contribution in [2.75, 3.05) is 26.7 Å².